The van der Waals surface area contributed by atoms with Crippen molar-refractivity contribution >= 4 is 11.7 Å². The number of benzene rings is 2. The van der Waals surface area contributed by atoms with Crippen LogP contribution < -0.4 is 5.32 Å². The van der Waals surface area contributed by atoms with Crippen LogP contribution >= 0.6 is 0 Å². The van der Waals surface area contributed by atoms with Crippen LogP contribution in [0.1, 0.15) is 99.4 Å². The van der Waals surface area contributed by atoms with E-state index in [0.29, 0.717) is 12.8 Å². The Morgan fingerprint density at radius 2 is 1.08 bits per heavy atom. The third-order valence-electron chi connectivity index (χ3n) is 6.11. The van der Waals surface area contributed by atoms with Gasteiger partial charge in [-0.1, -0.05) is 76.0 Å². The van der Waals surface area contributed by atoms with Gasteiger partial charge in [-0.3, -0.25) is 0 Å². The smallest absolute Gasteiger partial charge is 0.335 e. The van der Waals surface area contributed by atoms with E-state index in [-0.39, 0.29) is 5.56 Å². The molecule has 0 aromatic heterocycles. The van der Waals surface area contributed by atoms with Crippen LogP contribution in [0.5, 0.6) is 0 Å². The molecular weight excluding hydrogens is 489 g/mol. The number of rotatable bonds is 16. The van der Waals surface area contributed by atoms with Gasteiger partial charge >= 0.3 is 5.97 Å². The van der Waals surface area contributed by atoms with E-state index in [1.54, 1.807) is 24.3 Å². The molecule has 0 atom stereocenters. The van der Waals surface area contributed by atoms with E-state index in [2.05, 4.69) is 17.2 Å². The van der Waals surface area contributed by atoms with Gasteiger partial charge in [0.2, 0.25) is 5.82 Å². The number of halogens is 5. The molecule has 8 heteroatoms. The van der Waals surface area contributed by atoms with Gasteiger partial charge in [-0.2, -0.15) is 0 Å². The quantitative estimate of drug-likeness (QED) is 0.0761. The monoisotopic (exact) mass is 523 g/mol. The first-order valence-corrected chi connectivity index (χ1v) is 12.9. The van der Waals surface area contributed by atoms with Crippen molar-refractivity contribution in [3.05, 3.63) is 64.5 Å². The van der Waals surface area contributed by atoms with Crippen molar-refractivity contribution in [3.63, 3.8) is 0 Å². The third kappa shape index (κ3) is 10.4. The largest absolute Gasteiger partial charge is 0.478 e. The molecule has 2 N–H and O–H groups in total. The van der Waals surface area contributed by atoms with Crippen LogP contribution in [0.3, 0.4) is 0 Å². The summed E-state index contributed by atoms with van der Waals surface area (Å²) < 4.78 is 66.4. The molecule has 0 bridgehead atoms. The van der Waals surface area contributed by atoms with Crippen LogP contribution in [0.15, 0.2) is 24.3 Å². The second-order valence-corrected chi connectivity index (χ2v) is 9.05. The molecule has 37 heavy (non-hydrogen) atoms. The van der Waals surface area contributed by atoms with Gasteiger partial charge in [0.1, 0.15) is 5.56 Å². The molecule has 2 rings (SSSR count). The van der Waals surface area contributed by atoms with E-state index in [0.717, 1.165) is 50.8 Å². The first-order chi connectivity index (χ1) is 17.8. The number of carbonyl (C=O) groups is 1. The van der Waals surface area contributed by atoms with Crippen LogP contribution in [0, 0.1) is 40.9 Å². The standard InChI is InChI=1S/C29H34F5NO2/c30-24-23(25(31)27(33)28(34)26(24)32)15-13-11-9-7-5-3-1-2-4-6-8-10-12-14-20-35-22-18-16-21(17-19-22)29(36)37/h16-19,35H,1-12,14,20H2,(H,36,37). The molecule has 0 unspecified atom stereocenters. The van der Waals surface area contributed by atoms with E-state index in [1.165, 1.54) is 32.1 Å². The van der Waals surface area contributed by atoms with E-state index in [4.69, 9.17) is 5.11 Å². The number of carboxylic acid groups (broad SMARTS) is 1. The van der Waals surface area contributed by atoms with Gasteiger partial charge in [0.15, 0.2) is 23.3 Å². The molecule has 2 aromatic rings. The zero-order valence-electron chi connectivity index (χ0n) is 21.0. The molecule has 0 heterocycles. The Morgan fingerprint density at radius 1 is 0.649 bits per heavy atom. The van der Waals surface area contributed by atoms with Gasteiger partial charge in [0.25, 0.3) is 0 Å². The van der Waals surface area contributed by atoms with Gasteiger partial charge in [-0.15, -0.1) is 0 Å². The van der Waals surface area contributed by atoms with Crippen LogP contribution in [-0.2, 0) is 0 Å². The van der Waals surface area contributed by atoms with Crippen LogP contribution in [-0.4, -0.2) is 17.6 Å². The molecule has 2 aromatic carbocycles. The highest BCUT2D eigenvalue weighted by Gasteiger charge is 2.24. The molecule has 0 aliphatic rings. The van der Waals surface area contributed by atoms with Crippen molar-refractivity contribution in [2.24, 2.45) is 0 Å². The summed E-state index contributed by atoms with van der Waals surface area (Å²) in [6.07, 6.45) is 13.5. The Balaban J connectivity index is 1.41. The van der Waals surface area contributed by atoms with Gasteiger partial charge in [-0.25, -0.2) is 26.7 Å². The molecule has 202 valence electrons. The number of hydrogen-bond donors (Lipinski definition) is 2. The zero-order chi connectivity index (χ0) is 27.0. The van der Waals surface area contributed by atoms with Crippen molar-refractivity contribution in [1.29, 1.82) is 0 Å². The highest BCUT2D eigenvalue weighted by molar-refractivity contribution is 5.87. The second-order valence-electron chi connectivity index (χ2n) is 9.05. The second kappa shape index (κ2) is 16.6. The molecule has 0 aliphatic heterocycles. The predicted octanol–water partition coefficient (Wildman–Crippen LogP) is 8.62. The first-order valence-electron chi connectivity index (χ1n) is 12.9. The van der Waals surface area contributed by atoms with E-state index >= 15 is 0 Å². The average Bonchev–Trinajstić information content (AvgIpc) is 2.90. The van der Waals surface area contributed by atoms with Gasteiger partial charge < -0.3 is 10.4 Å². The fourth-order valence-corrected chi connectivity index (χ4v) is 3.94. The highest BCUT2D eigenvalue weighted by Crippen LogP contribution is 2.22. The number of aromatic carboxylic acids is 1. The molecule has 0 spiro atoms. The zero-order valence-corrected chi connectivity index (χ0v) is 21.0. The summed E-state index contributed by atoms with van der Waals surface area (Å²) >= 11 is 0. The number of nitrogens with one attached hydrogen (secondary N) is 1. The lowest BCUT2D eigenvalue weighted by molar-refractivity contribution is 0.0697. The third-order valence-corrected chi connectivity index (χ3v) is 6.11. The molecule has 0 fully saturated rings. The van der Waals surface area contributed by atoms with Crippen LogP contribution in [0.25, 0.3) is 0 Å². The maximum atomic E-state index is 13.5. The van der Waals surface area contributed by atoms with Crippen molar-refractivity contribution in [1.82, 2.24) is 0 Å². The van der Waals surface area contributed by atoms with Crippen LogP contribution in [0.2, 0.25) is 0 Å². The lowest BCUT2D eigenvalue weighted by atomic mass is 10.0. The van der Waals surface area contributed by atoms with Gasteiger partial charge in [0.05, 0.1) is 5.56 Å². The van der Waals surface area contributed by atoms with Crippen molar-refractivity contribution in [2.75, 3.05) is 11.9 Å². The van der Waals surface area contributed by atoms with E-state index in [9.17, 15) is 26.7 Å². The summed E-state index contributed by atoms with van der Waals surface area (Å²) in [5, 5.41) is 12.2. The number of carboxylic acids is 1. The maximum Gasteiger partial charge on any atom is 0.335 e. The fraction of sp³-hybridized carbons (Fsp3) is 0.483. The lowest BCUT2D eigenvalue weighted by Crippen LogP contribution is -2.04. The first kappa shape index (κ1) is 30.1. The minimum Gasteiger partial charge on any atom is -0.478 e. The summed E-state index contributed by atoms with van der Waals surface area (Å²) in [6.45, 7) is 0.870. The van der Waals surface area contributed by atoms with Crippen molar-refractivity contribution in [3.8, 4) is 11.8 Å². The molecular formula is C29H34F5NO2. The average molecular weight is 524 g/mol. The summed E-state index contributed by atoms with van der Waals surface area (Å²) in [6, 6.07) is 6.76. The minimum absolute atomic E-state index is 0.285. The van der Waals surface area contributed by atoms with Crippen molar-refractivity contribution < 1.29 is 31.9 Å². The summed E-state index contributed by atoms with van der Waals surface area (Å²) in [7, 11) is 0. The molecule has 0 aliphatic carbocycles. The minimum atomic E-state index is -2.17. The number of hydrogen-bond acceptors (Lipinski definition) is 2. The Hall–Kier alpha value is -3.08. The fourth-order valence-electron chi connectivity index (χ4n) is 3.94. The number of anilines is 1. The SMILES string of the molecule is O=C(O)c1ccc(NCCCCCCCCCCCCCCC#Cc2c(F)c(F)c(F)c(F)c2F)cc1. The van der Waals surface area contributed by atoms with Gasteiger partial charge in [-0.05, 0) is 37.1 Å². The Morgan fingerprint density at radius 3 is 1.57 bits per heavy atom. The summed E-state index contributed by atoms with van der Waals surface area (Å²) in [5.74, 6) is -6.23. The van der Waals surface area contributed by atoms with Crippen molar-refractivity contribution in [2.45, 2.75) is 83.5 Å². The van der Waals surface area contributed by atoms with E-state index in [1.807, 2.05) is 0 Å². The molecule has 0 amide bonds. The lowest BCUT2D eigenvalue weighted by Gasteiger charge is -2.07. The molecule has 0 saturated carbocycles. The Labute approximate surface area is 215 Å². The normalized spacial score (nSPS) is 10.7. The number of unbranched alkanes of at least 4 members (excludes halogenated alkanes) is 12. The van der Waals surface area contributed by atoms with Crippen LogP contribution in [0.4, 0.5) is 27.6 Å². The Bertz CT molecular complexity index is 1030. The predicted molar refractivity (Wildman–Crippen MR) is 135 cm³/mol. The highest BCUT2D eigenvalue weighted by atomic mass is 19.2. The Kier molecular flexibility index (Phi) is 13.5. The molecule has 0 saturated heterocycles. The topological polar surface area (TPSA) is 49.3 Å². The summed E-state index contributed by atoms with van der Waals surface area (Å²) in [5.41, 5.74) is 0.146. The van der Waals surface area contributed by atoms with E-state index < -0.39 is 40.6 Å². The molecule has 3 nitrogen and oxygen atoms in total. The summed E-state index contributed by atoms with van der Waals surface area (Å²) in [4.78, 5) is 10.8. The van der Waals surface area contributed by atoms with Gasteiger partial charge in [0, 0.05) is 18.7 Å². The maximum absolute atomic E-state index is 13.5. The molecule has 0 radical (unpaired) electrons.